The minimum absolute atomic E-state index is 0.148. The molecular weight excluding hydrogens is 444 g/mol. The molecule has 6 rings (SSSR count). The standard InChI is InChI=1S/C27H20N4O2S/c32-25(30-27-29-24(15-34-27)20-9-8-17-4-3-5-19(17)14-20)18-10-12-21(13-11-18)31-16-28-23-7-2-1-6-22(23)26(31)33/h1-2,6-16H,3-5H2,(H,29,30,32). The Morgan fingerprint density at radius 1 is 0.971 bits per heavy atom. The predicted molar refractivity (Wildman–Crippen MR) is 135 cm³/mol. The van der Waals surface area contributed by atoms with Crippen molar-refractivity contribution in [2.24, 2.45) is 0 Å². The van der Waals surface area contributed by atoms with Crippen molar-refractivity contribution < 1.29 is 4.79 Å². The van der Waals surface area contributed by atoms with Crippen LogP contribution in [0.1, 0.15) is 27.9 Å². The number of carbonyl (C=O) groups is 1. The van der Waals surface area contributed by atoms with Crippen molar-refractivity contribution in [3.8, 4) is 16.9 Å². The maximum absolute atomic E-state index is 12.8. The van der Waals surface area contributed by atoms with E-state index in [2.05, 4.69) is 33.5 Å². The van der Waals surface area contributed by atoms with Crippen molar-refractivity contribution in [3.05, 3.63) is 105 Å². The van der Waals surface area contributed by atoms with Gasteiger partial charge in [0.1, 0.15) is 6.33 Å². The van der Waals surface area contributed by atoms with E-state index in [4.69, 9.17) is 0 Å². The average Bonchev–Trinajstić information content (AvgIpc) is 3.54. The Morgan fingerprint density at radius 3 is 2.68 bits per heavy atom. The molecule has 1 amide bonds. The lowest BCUT2D eigenvalue weighted by molar-refractivity contribution is 0.102. The molecule has 0 radical (unpaired) electrons. The molecule has 7 heteroatoms. The molecule has 0 bridgehead atoms. The molecule has 0 aliphatic heterocycles. The number of aromatic nitrogens is 3. The lowest BCUT2D eigenvalue weighted by Gasteiger charge is -2.08. The lowest BCUT2D eigenvalue weighted by Crippen LogP contribution is -2.19. The van der Waals surface area contributed by atoms with Crippen molar-refractivity contribution in [2.75, 3.05) is 5.32 Å². The summed E-state index contributed by atoms with van der Waals surface area (Å²) in [5.41, 5.74) is 6.42. The Balaban J connectivity index is 1.20. The number of aryl methyl sites for hydroxylation is 2. The molecule has 1 N–H and O–H groups in total. The van der Waals surface area contributed by atoms with E-state index < -0.39 is 0 Å². The number of benzene rings is 3. The van der Waals surface area contributed by atoms with E-state index in [1.54, 1.807) is 30.3 Å². The van der Waals surface area contributed by atoms with Gasteiger partial charge in [0.15, 0.2) is 5.13 Å². The zero-order chi connectivity index (χ0) is 23.1. The van der Waals surface area contributed by atoms with Crippen LogP contribution in [0.2, 0.25) is 0 Å². The summed E-state index contributed by atoms with van der Waals surface area (Å²) in [7, 11) is 0. The van der Waals surface area contributed by atoms with E-state index in [1.807, 2.05) is 23.6 Å². The molecule has 3 aromatic carbocycles. The monoisotopic (exact) mass is 464 g/mol. The highest BCUT2D eigenvalue weighted by atomic mass is 32.1. The molecule has 0 unspecified atom stereocenters. The summed E-state index contributed by atoms with van der Waals surface area (Å²) in [4.78, 5) is 34.5. The van der Waals surface area contributed by atoms with E-state index in [1.165, 1.54) is 39.8 Å². The Kier molecular flexibility index (Phi) is 5.04. The zero-order valence-electron chi connectivity index (χ0n) is 18.2. The second-order valence-corrected chi connectivity index (χ2v) is 9.17. The molecule has 1 aliphatic carbocycles. The van der Waals surface area contributed by atoms with Gasteiger partial charge in [0.05, 0.1) is 22.3 Å². The van der Waals surface area contributed by atoms with Crippen LogP contribution in [-0.4, -0.2) is 20.4 Å². The van der Waals surface area contributed by atoms with E-state index in [0.29, 0.717) is 27.3 Å². The number of nitrogens with one attached hydrogen (secondary N) is 1. The highest BCUT2D eigenvalue weighted by Crippen LogP contribution is 2.30. The minimum Gasteiger partial charge on any atom is -0.298 e. The fourth-order valence-electron chi connectivity index (χ4n) is 4.39. The number of para-hydroxylation sites is 1. The summed E-state index contributed by atoms with van der Waals surface area (Å²) < 4.78 is 1.48. The molecule has 0 atom stereocenters. The molecule has 2 heterocycles. The van der Waals surface area contributed by atoms with Gasteiger partial charge in [0.25, 0.3) is 11.5 Å². The molecule has 2 aromatic heterocycles. The summed E-state index contributed by atoms with van der Waals surface area (Å²) in [6, 6.07) is 20.6. The average molecular weight is 465 g/mol. The van der Waals surface area contributed by atoms with Crippen LogP contribution >= 0.6 is 11.3 Å². The van der Waals surface area contributed by atoms with Gasteiger partial charge in [-0.1, -0.05) is 24.3 Å². The maximum Gasteiger partial charge on any atom is 0.265 e. The Labute approximate surface area is 199 Å². The van der Waals surface area contributed by atoms with Gasteiger partial charge in [0, 0.05) is 16.5 Å². The smallest absolute Gasteiger partial charge is 0.265 e. The molecule has 6 nitrogen and oxygen atoms in total. The number of anilines is 1. The second-order valence-electron chi connectivity index (χ2n) is 8.31. The van der Waals surface area contributed by atoms with E-state index >= 15 is 0 Å². The number of hydrogen-bond donors (Lipinski definition) is 1. The summed E-state index contributed by atoms with van der Waals surface area (Å²) >= 11 is 1.41. The predicted octanol–water partition coefficient (Wildman–Crippen LogP) is 5.25. The Hall–Kier alpha value is -4.10. The maximum atomic E-state index is 12.8. The zero-order valence-corrected chi connectivity index (χ0v) is 19.0. The molecule has 1 aliphatic rings. The molecule has 0 saturated heterocycles. The molecule has 5 aromatic rings. The second kappa shape index (κ2) is 8.35. The third-order valence-corrected chi connectivity index (χ3v) is 6.95. The first-order chi connectivity index (χ1) is 16.7. The number of thiazole rings is 1. The largest absolute Gasteiger partial charge is 0.298 e. The molecule has 0 saturated carbocycles. The summed E-state index contributed by atoms with van der Waals surface area (Å²) in [5.74, 6) is -0.245. The lowest BCUT2D eigenvalue weighted by atomic mass is 10.1. The third-order valence-electron chi connectivity index (χ3n) is 6.19. The highest BCUT2D eigenvalue weighted by Gasteiger charge is 2.14. The molecule has 166 valence electrons. The van der Waals surface area contributed by atoms with E-state index in [9.17, 15) is 9.59 Å². The van der Waals surface area contributed by atoms with Gasteiger partial charge in [-0.05, 0) is 72.9 Å². The van der Waals surface area contributed by atoms with E-state index in [0.717, 1.165) is 24.1 Å². The first-order valence-electron chi connectivity index (χ1n) is 11.1. The quantitative estimate of drug-likeness (QED) is 0.394. The van der Waals surface area contributed by atoms with Gasteiger partial charge in [-0.25, -0.2) is 9.97 Å². The molecule has 0 fully saturated rings. The van der Waals surface area contributed by atoms with E-state index in [-0.39, 0.29) is 11.5 Å². The fraction of sp³-hybridized carbons (Fsp3) is 0.111. The van der Waals surface area contributed by atoms with Crippen LogP contribution in [0.15, 0.2) is 83.2 Å². The first kappa shape index (κ1) is 20.5. The number of rotatable bonds is 4. The number of amides is 1. The fourth-order valence-corrected chi connectivity index (χ4v) is 5.11. The van der Waals surface area contributed by atoms with Gasteiger partial charge in [-0.2, -0.15) is 0 Å². The number of nitrogens with zero attached hydrogens (tertiary/aromatic N) is 3. The molecule has 0 spiro atoms. The molecular formula is C27H20N4O2S. The van der Waals surface area contributed by atoms with Crippen LogP contribution < -0.4 is 10.9 Å². The van der Waals surface area contributed by atoms with Crippen molar-refractivity contribution >= 4 is 33.3 Å². The van der Waals surface area contributed by atoms with Gasteiger partial charge in [-0.3, -0.25) is 19.5 Å². The van der Waals surface area contributed by atoms with Crippen molar-refractivity contribution in [3.63, 3.8) is 0 Å². The van der Waals surface area contributed by atoms with Crippen LogP contribution in [0.3, 0.4) is 0 Å². The van der Waals surface area contributed by atoms with Crippen LogP contribution in [-0.2, 0) is 12.8 Å². The molecule has 34 heavy (non-hydrogen) atoms. The van der Waals surface area contributed by atoms with Crippen LogP contribution in [0.4, 0.5) is 5.13 Å². The van der Waals surface area contributed by atoms with Crippen molar-refractivity contribution in [1.82, 2.24) is 14.5 Å². The van der Waals surface area contributed by atoms with Crippen molar-refractivity contribution in [2.45, 2.75) is 19.3 Å². The highest BCUT2D eigenvalue weighted by molar-refractivity contribution is 7.14. The van der Waals surface area contributed by atoms with Crippen LogP contribution in [0, 0.1) is 0 Å². The minimum atomic E-state index is -0.245. The summed E-state index contributed by atoms with van der Waals surface area (Å²) in [6.07, 6.45) is 4.99. The van der Waals surface area contributed by atoms with Gasteiger partial charge < -0.3 is 0 Å². The van der Waals surface area contributed by atoms with Crippen LogP contribution in [0.5, 0.6) is 0 Å². The third kappa shape index (κ3) is 3.70. The van der Waals surface area contributed by atoms with Crippen molar-refractivity contribution in [1.29, 1.82) is 0 Å². The number of fused-ring (bicyclic) bond motifs is 2. The summed E-state index contributed by atoms with van der Waals surface area (Å²) in [5, 5.41) is 5.96. The Morgan fingerprint density at radius 2 is 1.79 bits per heavy atom. The Bertz CT molecular complexity index is 1600. The van der Waals surface area contributed by atoms with Gasteiger partial charge >= 0.3 is 0 Å². The topological polar surface area (TPSA) is 76.9 Å². The van der Waals surface area contributed by atoms with Crippen LogP contribution in [0.25, 0.3) is 27.8 Å². The van der Waals surface area contributed by atoms with Gasteiger partial charge in [0.2, 0.25) is 0 Å². The SMILES string of the molecule is O=C(Nc1nc(-c2ccc3c(c2)CCC3)cs1)c1ccc(-n2cnc3ccccc3c2=O)cc1. The van der Waals surface area contributed by atoms with Gasteiger partial charge in [-0.15, -0.1) is 11.3 Å². The normalized spacial score (nSPS) is 12.6. The number of carbonyl (C=O) groups excluding carboxylic acids is 1. The first-order valence-corrected chi connectivity index (χ1v) is 12.0. The summed E-state index contributed by atoms with van der Waals surface area (Å²) in [6.45, 7) is 0. The number of hydrogen-bond acceptors (Lipinski definition) is 5.